The topological polar surface area (TPSA) is 44.8 Å². The molecule has 0 aliphatic carbocycles. The second-order valence-electron chi connectivity index (χ2n) is 3.82. The van der Waals surface area contributed by atoms with E-state index in [4.69, 9.17) is 14.2 Å². The molecule has 0 bridgehead atoms. The van der Waals surface area contributed by atoms with Crippen molar-refractivity contribution in [1.29, 1.82) is 0 Å². The molecule has 2 atom stereocenters. The summed E-state index contributed by atoms with van der Waals surface area (Å²) in [6, 6.07) is 0. The molecule has 0 aromatic heterocycles. The molecule has 0 unspecified atom stereocenters. The number of carbonyl (C=O) groups is 1. The van der Waals surface area contributed by atoms with Gasteiger partial charge in [0, 0.05) is 19.1 Å². The van der Waals surface area contributed by atoms with E-state index < -0.39 is 17.9 Å². The molecule has 0 aromatic carbocycles. The zero-order valence-corrected chi connectivity index (χ0v) is 10.6. The van der Waals surface area contributed by atoms with E-state index in [0.29, 0.717) is 5.76 Å². The number of hydrogen-bond donors (Lipinski definition) is 0. The Balaban J connectivity index is 2.09. The number of hydrogen-bond acceptors (Lipinski definition) is 4. The normalized spacial score (nSPS) is 28.1. The molecule has 1 spiro atoms. The third-order valence-corrected chi connectivity index (χ3v) is 2.43. The molecule has 4 heteroatoms. The van der Waals surface area contributed by atoms with Gasteiger partial charge in [0.15, 0.2) is 0 Å². The van der Waals surface area contributed by atoms with E-state index in [9.17, 15) is 4.79 Å². The van der Waals surface area contributed by atoms with Crippen LogP contribution in [0.25, 0.3) is 0 Å². The first kappa shape index (κ1) is 12.9. The van der Waals surface area contributed by atoms with Crippen LogP contribution in [-0.2, 0) is 19.0 Å². The minimum atomic E-state index is -1.10. The fourth-order valence-corrected chi connectivity index (χ4v) is 1.67. The van der Waals surface area contributed by atoms with Crippen LogP contribution in [0.2, 0.25) is 0 Å². The van der Waals surface area contributed by atoms with Crippen molar-refractivity contribution < 1.29 is 19.0 Å². The Morgan fingerprint density at radius 3 is 3.11 bits per heavy atom. The number of carbonyl (C=O) groups excluding carboxylic acids is 1. The zero-order valence-electron chi connectivity index (χ0n) is 10.6. The summed E-state index contributed by atoms with van der Waals surface area (Å²) in [6.45, 7) is 3.05. The smallest absolute Gasteiger partial charge is 0.312 e. The number of esters is 1. The van der Waals surface area contributed by atoms with Gasteiger partial charge in [-0.1, -0.05) is 11.8 Å². The monoisotopic (exact) mass is 256 g/mol. The van der Waals surface area contributed by atoms with E-state index in [1.165, 1.54) is 13.2 Å². The summed E-state index contributed by atoms with van der Waals surface area (Å²) in [5.41, 5.74) is 0. The largest absolute Gasteiger partial charge is 0.453 e. The third-order valence-electron chi connectivity index (χ3n) is 2.43. The molecule has 2 rings (SSSR count). The minimum Gasteiger partial charge on any atom is -0.453 e. The molecule has 19 heavy (non-hydrogen) atoms. The summed E-state index contributed by atoms with van der Waals surface area (Å²) in [7, 11) is 0. The SMILES string of the molecule is CC#CC#C/C=C1/C=C[C@]2(OC=C[C@@H]2OC(C)=O)O1. The average molecular weight is 256 g/mol. The van der Waals surface area contributed by atoms with Crippen molar-refractivity contribution >= 4 is 5.97 Å². The lowest BCUT2D eigenvalue weighted by molar-refractivity contribution is -0.189. The van der Waals surface area contributed by atoms with Crippen LogP contribution in [0.1, 0.15) is 13.8 Å². The molecular formula is C15H12O4. The number of rotatable bonds is 1. The van der Waals surface area contributed by atoms with Gasteiger partial charge >= 0.3 is 11.8 Å². The molecule has 2 heterocycles. The molecule has 0 radical (unpaired) electrons. The Morgan fingerprint density at radius 1 is 1.53 bits per heavy atom. The molecule has 2 aliphatic rings. The van der Waals surface area contributed by atoms with Gasteiger partial charge in [0.05, 0.1) is 6.26 Å². The zero-order chi connectivity index (χ0) is 13.7. The standard InChI is InChI=1S/C15H12O4/c1-3-4-5-6-7-13-8-10-15(19-13)14(9-11-17-15)18-12(2)16/h7-11,14H,1-2H3/b13-7-/t14-,15-/m0/s1. The minimum absolute atomic E-state index is 0.396. The lowest BCUT2D eigenvalue weighted by Crippen LogP contribution is -2.40. The average Bonchev–Trinajstić information content (AvgIpc) is 2.94. The molecular weight excluding hydrogens is 244 g/mol. The molecule has 96 valence electrons. The highest BCUT2D eigenvalue weighted by Gasteiger charge is 2.48. The Hall–Kier alpha value is -2.59. The first-order valence-electron chi connectivity index (χ1n) is 5.69. The van der Waals surface area contributed by atoms with Crippen molar-refractivity contribution in [3.8, 4) is 23.7 Å². The Kier molecular flexibility index (Phi) is 3.63. The first-order valence-corrected chi connectivity index (χ1v) is 5.69. The van der Waals surface area contributed by atoms with Crippen LogP contribution in [0.5, 0.6) is 0 Å². The fourth-order valence-electron chi connectivity index (χ4n) is 1.67. The van der Waals surface area contributed by atoms with Gasteiger partial charge in [-0.15, -0.1) is 0 Å². The number of ether oxygens (including phenoxy) is 3. The van der Waals surface area contributed by atoms with E-state index in [1.54, 1.807) is 31.2 Å². The fraction of sp³-hybridized carbons (Fsp3) is 0.267. The van der Waals surface area contributed by atoms with Crippen molar-refractivity contribution in [3.05, 3.63) is 36.3 Å². The van der Waals surface area contributed by atoms with Crippen molar-refractivity contribution in [2.75, 3.05) is 0 Å². The highest BCUT2D eigenvalue weighted by Crippen LogP contribution is 2.36. The molecule has 0 fully saturated rings. The van der Waals surface area contributed by atoms with Gasteiger partial charge in [0.25, 0.3) is 0 Å². The molecule has 4 nitrogen and oxygen atoms in total. The molecule has 0 saturated carbocycles. The van der Waals surface area contributed by atoms with Gasteiger partial charge in [-0.25, -0.2) is 0 Å². The van der Waals surface area contributed by atoms with Crippen LogP contribution < -0.4 is 0 Å². The first-order chi connectivity index (χ1) is 9.16. The summed E-state index contributed by atoms with van der Waals surface area (Å²) >= 11 is 0. The van der Waals surface area contributed by atoms with Crippen molar-refractivity contribution in [1.82, 2.24) is 0 Å². The highest BCUT2D eigenvalue weighted by molar-refractivity contribution is 5.66. The Morgan fingerprint density at radius 2 is 2.37 bits per heavy atom. The predicted octanol–water partition coefficient (Wildman–Crippen LogP) is 1.66. The number of allylic oxidation sites excluding steroid dienone is 2. The Bertz CT molecular complexity index is 589. The predicted molar refractivity (Wildman–Crippen MR) is 68.0 cm³/mol. The lowest BCUT2D eigenvalue weighted by Gasteiger charge is -2.27. The maximum atomic E-state index is 11.0. The maximum absolute atomic E-state index is 11.0. The van der Waals surface area contributed by atoms with Gasteiger partial charge in [-0.05, 0) is 30.9 Å². The lowest BCUT2D eigenvalue weighted by atomic mass is 10.1. The maximum Gasteiger partial charge on any atom is 0.312 e. The van der Waals surface area contributed by atoms with Gasteiger partial charge in [-0.2, -0.15) is 0 Å². The third kappa shape index (κ3) is 2.81. The quantitative estimate of drug-likeness (QED) is 0.528. The van der Waals surface area contributed by atoms with Crippen LogP contribution in [0, 0.1) is 23.7 Å². The van der Waals surface area contributed by atoms with E-state index >= 15 is 0 Å². The van der Waals surface area contributed by atoms with Gasteiger partial charge in [-0.3, -0.25) is 4.79 Å². The van der Waals surface area contributed by atoms with Crippen LogP contribution in [0.3, 0.4) is 0 Å². The molecule has 0 amide bonds. The molecule has 0 aromatic rings. The molecule has 0 saturated heterocycles. The molecule has 2 aliphatic heterocycles. The second kappa shape index (κ2) is 5.37. The Labute approximate surface area is 111 Å². The van der Waals surface area contributed by atoms with Crippen molar-refractivity contribution in [2.45, 2.75) is 25.7 Å². The van der Waals surface area contributed by atoms with Crippen LogP contribution in [0.15, 0.2) is 36.3 Å². The van der Waals surface area contributed by atoms with Crippen LogP contribution in [0.4, 0.5) is 0 Å². The van der Waals surface area contributed by atoms with Crippen LogP contribution >= 0.6 is 0 Å². The van der Waals surface area contributed by atoms with Crippen LogP contribution in [-0.4, -0.2) is 17.9 Å². The van der Waals surface area contributed by atoms with Crippen molar-refractivity contribution in [2.24, 2.45) is 0 Å². The van der Waals surface area contributed by atoms with Gasteiger partial charge < -0.3 is 14.2 Å². The van der Waals surface area contributed by atoms with Gasteiger partial charge in [0.2, 0.25) is 6.10 Å². The van der Waals surface area contributed by atoms with E-state index in [2.05, 4.69) is 23.7 Å². The summed E-state index contributed by atoms with van der Waals surface area (Å²) < 4.78 is 16.2. The second-order valence-corrected chi connectivity index (χ2v) is 3.82. The van der Waals surface area contributed by atoms with Gasteiger partial charge in [0.1, 0.15) is 5.76 Å². The summed E-state index contributed by atoms with van der Waals surface area (Å²) in [5, 5.41) is 0. The van der Waals surface area contributed by atoms with E-state index in [-0.39, 0.29) is 0 Å². The van der Waals surface area contributed by atoms with E-state index in [0.717, 1.165) is 0 Å². The summed E-state index contributed by atoms with van der Waals surface area (Å²) in [4.78, 5) is 11.0. The summed E-state index contributed by atoms with van der Waals surface area (Å²) in [6.07, 6.45) is 7.48. The van der Waals surface area contributed by atoms with E-state index in [1.807, 2.05) is 0 Å². The molecule has 0 N–H and O–H groups in total. The van der Waals surface area contributed by atoms with Crippen molar-refractivity contribution in [3.63, 3.8) is 0 Å². The highest BCUT2D eigenvalue weighted by atomic mass is 16.7. The summed E-state index contributed by atoms with van der Waals surface area (Å²) in [5.74, 6) is 9.71.